The number of ether oxygens (including phenoxy) is 1. The van der Waals surface area contributed by atoms with Crippen molar-refractivity contribution in [2.24, 2.45) is 0 Å². The molecule has 0 unspecified atom stereocenters. The van der Waals surface area contributed by atoms with Crippen LogP contribution in [0.4, 0.5) is 0 Å². The second kappa shape index (κ2) is 4.78. The molecule has 1 aliphatic carbocycles. The molecule has 0 bridgehead atoms. The smallest absolute Gasteiger partial charge is 0.124 e. The van der Waals surface area contributed by atoms with Crippen molar-refractivity contribution in [2.45, 2.75) is 24.9 Å². The Bertz CT molecular complexity index is 609. The van der Waals surface area contributed by atoms with Crippen LogP contribution < -0.4 is 4.74 Å². The average Bonchev–Trinajstić information content (AvgIpc) is 3.28. The van der Waals surface area contributed by atoms with E-state index in [1.807, 2.05) is 54.6 Å². The summed E-state index contributed by atoms with van der Waals surface area (Å²) in [4.78, 5) is 0. The third-order valence-electron chi connectivity index (χ3n) is 3.60. The van der Waals surface area contributed by atoms with Crippen LogP contribution in [0.2, 0.25) is 0 Å². The number of rotatable bonds is 4. The minimum Gasteiger partial charge on any atom is -0.489 e. The third-order valence-corrected chi connectivity index (χ3v) is 3.60. The van der Waals surface area contributed by atoms with Crippen LogP contribution in [-0.4, -0.2) is 0 Å². The quantitative estimate of drug-likeness (QED) is 0.825. The second-order valence-corrected chi connectivity index (χ2v) is 4.96. The molecule has 19 heavy (non-hydrogen) atoms. The highest BCUT2D eigenvalue weighted by molar-refractivity contribution is 5.47. The minimum atomic E-state index is -0.298. The van der Waals surface area contributed by atoms with Gasteiger partial charge in [0.15, 0.2) is 0 Å². The molecule has 2 nitrogen and oxygen atoms in total. The average molecular weight is 249 g/mol. The Morgan fingerprint density at radius 3 is 2.37 bits per heavy atom. The van der Waals surface area contributed by atoms with Crippen molar-refractivity contribution in [1.29, 1.82) is 5.26 Å². The van der Waals surface area contributed by atoms with E-state index in [9.17, 15) is 5.26 Å². The van der Waals surface area contributed by atoms with Gasteiger partial charge in [-0.05, 0) is 24.5 Å². The van der Waals surface area contributed by atoms with Crippen molar-refractivity contribution in [3.05, 3.63) is 65.7 Å². The van der Waals surface area contributed by atoms with Crippen LogP contribution in [0.25, 0.3) is 0 Å². The number of hydrogen-bond donors (Lipinski definition) is 0. The number of para-hydroxylation sites is 1. The summed E-state index contributed by atoms with van der Waals surface area (Å²) in [6.45, 7) is 0.541. The number of nitrogens with zero attached hydrogens (tertiary/aromatic N) is 1. The molecule has 2 aromatic rings. The summed E-state index contributed by atoms with van der Waals surface area (Å²) in [6.07, 6.45) is 1.88. The van der Waals surface area contributed by atoms with Crippen LogP contribution in [0, 0.1) is 11.3 Å². The lowest BCUT2D eigenvalue weighted by molar-refractivity contribution is 0.301. The van der Waals surface area contributed by atoms with Gasteiger partial charge in [0.05, 0.1) is 11.5 Å². The molecule has 0 atom stereocenters. The summed E-state index contributed by atoms with van der Waals surface area (Å²) >= 11 is 0. The molecule has 0 heterocycles. The molecule has 0 spiro atoms. The molecular weight excluding hydrogens is 234 g/mol. The van der Waals surface area contributed by atoms with E-state index in [4.69, 9.17) is 4.74 Å². The van der Waals surface area contributed by atoms with Gasteiger partial charge in [0.1, 0.15) is 12.4 Å². The van der Waals surface area contributed by atoms with Crippen molar-refractivity contribution in [2.75, 3.05) is 0 Å². The highest BCUT2D eigenvalue weighted by Gasteiger charge is 2.46. The van der Waals surface area contributed by atoms with Crippen molar-refractivity contribution in [1.82, 2.24) is 0 Å². The van der Waals surface area contributed by atoms with Crippen molar-refractivity contribution in [3.63, 3.8) is 0 Å². The Hall–Kier alpha value is -2.27. The first-order valence-corrected chi connectivity index (χ1v) is 6.52. The highest BCUT2D eigenvalue weighted by atomic mass is 16.5. The highest BCUT2D eigenvalue weighted by Crippen LogP contribution is 2.50. The largest absolute Gasteiger partial charge is 0.489 e. The van der Waals surface area contributed by atoms with Crippen molar-refractivity contribution >= 4 is 0 Å². The Balaban J connectivity index is 1.81. The molecule has 1 aliphatic rings. The van der Waals surface area contributed by atoms with Crippen molar-refractivity contribution in [3.8, 4) is 11.8 Å². The van der Waals surface area contributed by atoms with E-state index in [0.29, 0.717) is 6.61 Å². The van der Waals surface area contributed by atoms with Gasteiger partial charge in [-0.3, -0.25) is 0 Å². The third kappa shape index (κ3) is 2.32. The molecule has 0 aliphatic heterocycles. The van der Waals surface area contributed by atoms with Crippen LogP contribution in [0.5, 0.6) is 5.75 Å². The van der Waals surface area contributed by atoms with E-state index in [0.717, 1.165) is 29.7 Å². The fourth-order valence-corrected chi connectivity index (χ4v) is 2.29. The SMILES string of the molecule is N#CC1(c2ccccc2OCc2ccccc2)CC1. The van der Waals surface area contributed by atoms with E-state index in [1.165, 1.54) is 0 Å². The molecule has 0 amide bonds. The lowest BCUT2D eigenvalue weighted by Crippen LogP contribution is -2.06. The Labute approximate surface area is 113 Å². The predicted octanol–water partition coefficient (Wildman–Crippen LogP) is 3.82. The first kappa shape index (κ1) is 11.8. The van der Waals surface area contributed by atoms with Gasteiger partial charge in [-0.15, -0.1) is 0 Å². The molecule has 0 aromatic heterocycles. The van der Waals surface area contributed by atoms with Gasteiger partial charge in [0.25, 0.3) is 0 Å². The Morgan fingerprint density at radius 1 is 1.00 bits per heavy atom. The lowest BCUT2D eigenvalue weighted by Gasteiger charge is -2.14. The number of nitriles is 1. The number of benzene rings is 2. The Morgan fingerprint density at radius 2 is 1.68 bits per heavy atom. The molecule has 94 valence electrons. The molecule has 0 radical (unpaired) electrons. The summed E-state index contributed by atoms with van der Waals surface area (Å²) in [5.41, 5.74) is 1.88. The zero-order chi connectivity index (χ0) is 13.1. The Kier molecular flexibility index (Phi) is 2.97. The van der Waals surface area contributed by atoms with E-state index in [1.54, 1.807) is 0 Å². The van der Waals surface area contributed by atoms with E-state index in [2.05, 4.69) is 6.07 Å². The summed E-state index contributed by atoms with van der Waals surface area (Å²) in [5.74, 6) is 0.838. The fourth-order valence-electron chi connectivity index (χ4n) is 2.29. The topological polar surface area (TPSA) is 33.0 Å². The van der Waals surface area contributed by atoms with Crippen LogP contribution in [0.1, 0.15) is 24.0 Å². The zero-order valence-electron chi connectivity index (χ0n) is 10.7. The predicted molar refractivity (Wildman–Crippen MR) is 73.7 cm³/mol. The van der Waals surface area contributed by atoms with Crippen LogP contribution in [0.3, 0.4) is 0 Å². The lowest BCUT2D eigenvalue weighted by atomic mass is 9.97. The first-order valence-electron chi connectivity index (χ1n) is 6.52. The van der Waals surface area contributed by atoms with Gasteiger partial charge in [-0.1, -0.05) is 48.5 Å². The van der Waals surface area contributed by atoms with Crippen molar-refractivity contribution < 1.29 is 4.74 Å². The maximum Gasteiger partial charge on any atom is 0.124 e. The molecule has 1 fully saturated rings. The minimum absolute atomic E-state index is 0.298. The summed E-state index contributed by atoms with van der Waals surface area (Å²) in [5, 5.41) is 9.31. The monoisotopic (exact) mass is 249 g/mol. The van der Waals surface area contributed by atoms with Gasteiger partial charge in [0.2, 0.25) is 0 Å². The van der Waals surface area contributed by atoms with Gasteiger partial charge in [0, 0.05) is 5.56 Å². The molecular formula is C17H15NO. The van der Waals surface area contributed by atoms with Gasteiger partial charge in [-0.2, -0.15) is 5.26 Å². The normalized spacial score (nSPS) is 15.5. The molecule has 0 N–H and O–H groups in total. The summed E-state index contributed by atoms with van der Waals surface area (Å²) in [6, 6.07) is 20.4. The molecule has 0 saturated heterocycles. The first-order chi connectivity index (χ1) is 9.34. The van der Waals surface area contributed by atoms with Crippen LogP contribution in [0.15, 0.2) is 54.6 Å². The van der Waals surface area contributed by atoms with E-state index >= 15 is 0 Å². The standard InChI is InChI=1S/C17H15NO/c18-13-17(10-11-17)15-8-4-5-9-16(15)19-12-14-6-2-1-3-7-14/h1-9H,10-12H2. The maximum absolute atomic E-state index is 9.31. The van der Waals surface area contributed by atoms with E-state index in [-0.39, 0.29) is 5.41 Å². The maximum atomic E-state index is 9.31. The molecule has 1 saturated carbocycles. The van der Waals surface area contributed by atoms with Crippen LogP contribution >= 0.6 is 0 Å². The van der Waals surface area contributed by atoms with Crippen LogP contribution in [-0.2, 0) is 12.0 Å². The van der Waals surface area contributed by atoms with Gasteiger partial charge in [-0.25, -0.2) is 0 Å². The molecule has 2 aromatic carbocycles. The van der Waals surface area contributed by atoms with E-state index < -0.39 is 0 Å². The summed E-state index contributed by atoms with van der Waals surface area (Å²) in [7, 11) is 0. The second-order valence-electron chi connectivity index (χ2n) is 4.96. The summed E-state index contributed by atoms with van der Waals surface area (Å²) < 4.78 is 5.90. The fraction of sp³-hybridized carbons (Fsp3) is 0.235. The molecule has 3 rings (SSSR count). The molecule has 2 heteroatoms. The zero-order valence-corrected chi connectivity index (χ0v) is 10.7. The number of hydrogen-bond acceptors (Lipinski definition) is 2. The van der Waals surface area contributed by atoms with Gasteiger partial charge >= 0.3 is 0 Å². The van der Waals surface area contributed by atoms with Gasteiger partial charge < -0.3 is 4.74 Å².